The van der Waals surface area contributed by atoms with Gasteiger partial charge >= 0.3 is 0 Å². The number of hydrogen-bond donors (Lipinski definition) is 2. The Balaban J connectivity index is 1.44. The number of amides is 2. The zero-order chi connectivity index (χ0) is 19.5. The standard InChI is InChI=1S/C22H25N3O3/c1-2-28-17-9-6-15(7-10-17)14-23-21(26)16-8-11-19-18(13-16)24-22(27)20-5-3-4-12-25(19)20/h6-11,13,20H,2-5,12,14H2,1H3,(H,23,26)(H,24,27)/t20-/m1/s1. The summed E-state index contributed by atoms with van der Waals surface area (Å²) in [5.41, 5.74) is 3.27. The second kappa shape index (κ2) is 7.92. The number of nitrogens with one attached hydrogen (secondary N) is 2. The quantitative estimate of drug-likeness (QED) is 0.836. The van der Waals surface area contributed by atoms with E-state index in [9.17, 15) is 9.59 Å². The van der Waals surface area contributed by atoms with Crippen molar-refractivity contribution in [1.29, 1.82) is 0 Å². The van der Waals surface area contributed by atoms with Gasteiger partial charge in [0, 0.05) is 18.7 Å². The number of piperidine rings is 1. The molecule has 1 fully saturated rings. The number of carbonyl (C=O) groups excluding carboxylic acids is 2. The van der Waals surface area contributed by atoms with Crippen LogP contribution in [0.2, 0.25) is 0 Å². The summed E-state index contributed by atoms with van der Waals surface area (Å²) in [4.78, 5) is 27.1. The molecule has 28 heavy (non-hydrogen) atoms. The third-order valence-electron chi connectivity index (χ3n) is 5.32. The topological polar surface area (TPSA) is 70.7 Å². The smallest absolute Gasteiger partial charge is 0.251 e. The molecular weight excluding hydrogens is 354 g/mol. The molecule has 1 atom stereocenters. The number of ether oxygens (including phenoxy) is 1. The lowest BCUT2D eigenvalue weighted by atomic mass is 9.97. The van der Waals surface area contributed by atoms with Crippen molar-refractivity contribution in [3.63, 3.8) is 0 Å². The number of rotatable bonds is 5. The van der Waals surface area contributed by atoms with Crippen LogP contribution in [0.1, 0.15) is 42.1 Å². The van der Waals surface area contributed by atoms with E-state index in [1.807, 2.05) is 43.3 Å². The molecule has 0 bridgehead atoms. The lowest BCUT2D eigenvalue weighted by Gasteiger charge is -2.41. The first kappa shape index (κ1) is 18.3. The Labute approximate surface area is 164 Å². The summed E-state index contributed by atoms with van der Waals surface area (Å²) in [6.45, 7) is 3.89. The van der Waals surface area contributed by atoms with Gasteiger partial charge in [0.15, 0.2) is 0 Å². The van der Waals surface area contributed by atoms with E-state index in [0.29, 0.717) is 18.7 Å². The predicted octanol–water partition coefficient (Wildman–Crippen LogP) is 3.33. The van der Waals surface area contributed by atoms with Gasteiger partial charge in [0.1, 0.15) is 11.8 Å². The third kappa shape index (κ3) is 3.67. The molecule has 0 unspecified atom stereocenters. The van der Waals surface area contributed by atoms with Crippen molar-refractivity contribution in [2.24, 2.45) is 0 Å². The number of nitrogens with zero attached hydrogens (tertiary/aromatic N) is 1. The average Bonchev–Trinajstić information content (AvgIpc) is 2.73. The van der Waals surface area contributed by atoms with Crippen molar-refractivity contribution in [3.05, 3.63) is 53.6 Å². The van der Waals surface area contributed by atoms with E-state index in [4.69, 9.17) is 4.74 Å². The van der Waals surface area contributed by atoms with Crippen LogP contribution >= 0.6 is 0 Å². The lowest BCUT2D eigenvalue weighted by Crippen LogP contribution is -2.50. The Morgan fingerprint density at radius 2 is 2.04 bits per heavy atom. The zero-order valence-corrected chi connectivity index (χ0v) is 16.0. The summed E-state index contributed by atoms with van der Waals surface area (Å²) < 4.78 is 5.43. The summed E-state index contributed by atoms with van der Waals surface area (Å²) in [5, 5.41) is 5.91. The Morgan fingerprint density at radius 3 is 2.82 bits per heavy atom. The molecule has 0 spiro atoms. The van der Waals surface area contributed by atoms with Crippen LogP contribution in [0.5, 0.6) is 5.75 Å². The van der Waals surface area contributed by atoms with Crippen LogP contribution in [-0.2, 0) is 11.3 Å². The summed E-state index contributed by atoms with van der Waals surface area (Å²) in [6.07, 6.45) is 3.05. The molecule has 2 aliphatic rings. The van der Waals surface area contributed by atoms with Crippen LogP contribution in [0.25, 0.3) is 0 Å². The Bertz CT molecular complexity index is 879. The van der Waals surface area contributed by atoms with Crippen molar-refractivity contribution in [1.82, 2.24) is 5.32 Å². The van der Waals surface area contributed by atoms with Crippen LogP contribution in [0.4, 0.5) is 11.4 Å². The number of benzene rings is 2. The van der Waals surface area contributed by atoms with Crippen molar-refractivity contribution in [2.45, 2.75) is 38.8 Å². The number of hydrogen-bond acceptors (Lipinski definition) is 4. The molecule has 146 valence electrons. The molecule has 2 amide bonds. The van der Waals surface area contributed by atoms with Gasteiger partial charge in [-0.15, -0.1) is 0 Å². The minimum absolute atomic E-state index is 0.0270. The molecule has 2 heterocycles. The summed E-state index contributed by atoms with van der Waals surface area (Å²) in [5.74, 6) is 0.685. The van der Waals surface area contributed by atoms with Gasteiger partial charge in [-0.3, -0.25) is 9.59 Å². The largest absolute Gasteiger partial charge is 0.494 e. The van der Waals surface area contributed by atoms with E-state index in [0.717, 1.165) is 48.5 Å². The molecule has 0 radical (unpaired) electrons. The van der Waals surface area contributed by atoms with E-state index in [-0.39, 0.29) is 17.9 Å². The molecule has 0 aromatic heterocycles. The summed E-state index contributed by atoms with van der Waals surface area (Å²) >= 11 is 0. The molecule has 0 aliphatic carbocycles. The van der Waals surface area contributed by atoms with Crippen molar-refractivity contribution in [2.75, 3.05) is 23.4 Å². The van der Waals surface area contributed by atoms with Gasteiger partial charge in [0.2, 0.25) is 5.91 Å². The van der Waals surface area contributed by atoms with Crippen LogP contribution in [0, 0.1) is 0 Å². The first-order chi connectivity index (χ1) is 13.7. The molecule has 4 rings (SSSR count). The van der Waals surface area contributed by atoms with Gasteiger partial charge in [0.25, 0.3) is 5.91 Å². The van der Waals surface area contributed by atoms with Gasteiger partial charge < -0.3 is 20.3 Å². The lowest BCUT2D eigenvalue weighted by molar-refractivity contribution is -0.118. The van der Waals surface area contributed by atoms with Gasteiger partial charge in [0.05, 0.1) is 18.0 Å². The molecule has 2 aliphatic heterocycles. The van der Waals surface area contributed by atoms with E-state index in [1.54, 1.807) is 6.07 Å². The highest BCUT2D eigenvalue weighted by Gasteiger charge is 2.34. The van der Waals surface area contributed by atoms with Crippen molar-refractivity contribution < 1.29 is 14.3 Å². The summed E-state index contributed by atoms with van der Waals surface area (Å²) in [6, 6.07) is 13.1. The van der Waals surface area contributed by atoms with Gasteiger partial charge in [-0.05, 0) is 62.1 Å². The highest BCUT2D eigenvalue weighted by Crippen LogP contribution is 2.36. The highest BCUT2D eigenvalue weighted by molar-refractivity contribution is 6.05. The monoisotopic (exact) mass is 379 g/mol. The van der Waals surface area contributed by atoms with E-state index < -0.39 is 0 Å². The second-order valence-corrected chi connectivity index (χ2v) is 7.19. The maximum atomic E-state index is 12.6. The van der Waals surface area contributed by atoms with Crippen LogP contribution in [0.15, 0.2) is 42.5 Å². The first-order valence-electron chi connectivity index (χ1n) is 9.87. The molecule has 6 heteroatoms. The second-order valence-electron chi connectivity index (χ2n) is 7.19. The number of carbonyl (C=O) groups is 2. The van der Waals surface area contributed by atoms with Crippen LogP contribution in [0.3, 0.4) is 0 Å². The Hall–Kier alpha value is -3.02. The molecule has 2 aromatic rings. The summed E-state index contributed by atoms with van der Waals surface area (Å²) in [7, 11) is 0. The molecule has 2 aromatic carbocycles. The van der Waals surface area contributed by atoms with Gasteiger partial charge in [-0.25, -0.2) is 0 Å². The maximum Gasteiger partial charge on any atom is 0.251 e. The van der Waals surface area contributed by atoms with E-state index >= 15 is 0 Å². The molecule has 6 nitrogen and oxygen atoms in total. The fourth-order valence-corrected chi connectivity index (χ4v) is 3.89. The zero-order valence-electron chi connectivity index (χ0n) is 16.0. The third-order valence-corrected chi connectivity index (χ3v) is 5.32. The highest BCUT2D eigenvalue weighted by atomic mass is 16.5. The Morgan fingerprint density at radius 1 is 1.21 bits per heavy atom. The number of fused-ring (bicyclic) bond motifs is 3. The fraction of sp³-hybridized carbons (Fsp3) is 0.364. The fourth-order valence-electron chi connectivity index (χ4n) is 3.89. The SMILES string of the molecule is CCOc1ccc(CNC(=O)c2ccc3c(c2)NC(=O)[C@H]2CCCCN32)cc1. The van der Waals surface area contributed by atoms with E-state index in [2.05, 4.69) is 15.5 Å². The van der Waals surface area contributed by atoms with Crippen molar-refractivity contribution >= 4 is 23.2 Å². The van der Waals surface area contributed by atoms with Gasteiger partial charge in [-0.2, -0.15) is 0 Å². The minimum Gasteiger partial charge on any atom is -0.494 e. The van der Waals surface area contributed by atoms with Crippen LogP contribution in [-0.4, -0.2) is 31.0 Å². The predicted molar refractivity (Wildman–Crippen MR) is 109 cm³/mol. The molecule has 0 saturated carbocycles. The molecule has 2 N–H and O–H groups in total. The van der Waals surface area contributed by atoms with Crippen molar-refractivity contribution in [3.8, 4) is 5.75 Å². The normalized spacial score (nSPS) is 18.0. The molecular formula is C22H25N3O3. The van der Waals surface area contributed by atoms with Crippen LogP contribution < -0.4 is 20.3 Å². The minimum atomic E-state index is -0.160. The molecule has 1 saturated heterocycles. The number of anilines is 2. The van der Waals surface area contributed by atoms with E-state index in [1.165, 1.54) is 0 Å². The maximum absolute atomic E-state index is 12.6. The average molecular weight is 379 g/mol. The first-order valence-corrected chi connectivity index (χ1v) is 9.87. The van der Waals surface area contributed by atoms with Gasteiger partial charge in [-0.1, -0.05) is 12.1 Å². The Kier molecular flexibility index (Phi) is 5.19.